The molecule has 3 N–H and O–H groups in total. The summed E-state index contributed by atoms with van der Waals surface area (Å²) < 4.78 is 68.8. The topological polar surface area (TPSA) is 237 Å². The maximum atomic E-state index is 13.1. The quantitative estimate of drug-likeness (QED) is 0.0222. The molecule has 600 valence electrons. The monoisotopic (exact) mass is 1480 g/mol. The Morgan fingerprint density at radius 3 is 0.752 bits per heavy atom. The summed E-state index contributed by atoms with van der Waals surface area (Å²) in [5.41, 5.74) is 0. The Kier molecular flexibility index (Phi) is 72.2. The van der Waals surface area contributed by atoms with E-state index < -0.39 is 97.5 Å². The van der Waals surface area contributed by atoms with Crippen LogP contribution in [0, 0.1) is 11.8 Å². The average Bonchev–Trinajstić information content (AvgIpc) is 0.925. The van der Waals surface area contributed by atoms with Crippen LogP contribution in [0.2, 0.25) is 0 Å². The highest BCUT2D eigenvalue weighted by Crippen LogP contribution is 2.45. The predicted molar refractivity (Wildman–Crippen MR) is 414 cm³/mol. The summed E-state index contributed by atoms with van der Waals surface area (Å²) >= 11 is 0. The Labute approximate surface area is 619 Å². The molecule has 0 amide bonds. The van der Waals surface area contributed by atoms with Gasteiger partial charge in [0.25, 0.3) is 0 Å². The van der Waals surface area contributed by atoms with E-state index in [1.807, 2.05) is 0 Å². The van der Waals surface area contributed by atoms with Gasteiger partial charge in [0.1, 0.15) is 19.3 Å². The first-order valence-corrected chi connectivity index (χ1v) is 45.5. The number of aliphatic hydroxyl groups excluding tert-OH is 1. The fourth-order valence-electron chi connectivity index (χ4n) is 12.7. The van der Waals surface area contributed by atoms with Crippen LogP contribution in [-0.4, -0.2) is 96.7 Å². The fourth-order valence-corrected chi connectivity index (χ4v) is 14.3. The highest BCUT2D eigenvalue weighted by atomic mass is 31.2. The lowest BCUT2D eigenvalue weighted by atomic mass is 10.00. The zero-order valence-corrected chi connectivity index (χ0v) is 68.0. The molecule has 0 aromatic carbocycles. The first kappa shape index (κ1) is 99.1. The van der Waals surface area contributed by atoms with Crippen molar-refractivity contribution < 1.29 is 80.2 Å². The van der Waals surface area contributed by atoms with E-state index in [0.717, 1.165) is 108 Å². The zero-order valence-electron chi connectivity index (χ0n) is 66.2. The largest absolute Gasteiger partial charge is 0.472 e. The van der Waals surface area contributed by atoms with Gasteiger partial charge in [0.05, 0.1) is 26.4 Å². The lowest BCUT2D eigenvalue weighted by Crippen LogP contribution is -2.30. The van der Waals surface area contributed by atoms with Gasteiger partial charge < -0.3 is 33.8 Å². The highest BCUT2D eigenvalue weighted by Gasteiger charge is 2.30. The van der Waals surface area contributed by atoms with Crippen molar-refractivity contribution in [2.24, 2.45) is 11.8 Å². The Bertz CT molecular complexity index is 1940. The lowest BCUT2D eigenvalue weighted by Gasteiger charge is -2.21. The molecule has 3 unspecified atom stereocenters. The Morgan fingerprint density at radius 1 is 0.287 bits per heavy atom. The van der Waals surface area contributed by atoms with Gasteiger partial charge in [0.2, 0.25) is 0 Å². The molecule has 17 nitrogen and oxygen atoms in total. The van der Waals surface area contributed by atoms with Gasteiger partial charge in [0, 0.05) is 25.7 Å². The molecule has 0 aromatic rings. The molecular weight excluding hydrogens is 1320 g/mol. The minimum absolute atomic E-state index is 0.108. The van der Waals surface area contributed by atoms with Crippen molar-refractivity contribution in [3.05, 3.63) is 0 Å². The lowest BCUT2D eigenvalue weighted by molar-refractivity contribution is -0.161. The van der Waals surface area contributed by atoms with Crippen molar-refractivity contribution >= 4 is 39.5 Å². The second-order valence-electron chi connectivity index (χ2n) is 30.2. The Balaban J connectivity index is 5.24. The van der Waals surface area contributed by atoms with Crippen molar-refractivity contribution in [2.75, 3.05) is 39.6 Å². The zero-order chi connectivity index (χ0) is 74.2. The summed E-state index contributed by atoms with van der Waals surface area (Å²) in [6.45, 7) is 9.64. The van der Waals surface area contributed by atoms with Crippen molar-refractivity contribution in [3.63, 3.8) is 0 Å². The molecule has 0 bridgehead atoms. The van der Waals surface area contributed by atoms with Crippen LogP contribution >= 0.6 is 15.6 Å². The van der Waals surface area contributed by atoms with E-state index in [2.05, 4.69) is 41.5 Å². The number of ether oxygens (including phenoxy) is 4. The van der Waals surface area contributed by atoms with Gasteiger partial charge in [0.15, 0.2) is 12.2 Å². The van der Waals surface area contributed by atoms with Crippen molar-refractivity contribution in [2.45, 2.75) is 452 Å². The maximum Gasteiger partial charge on any atom is 0.472 e. The Hall–Kier alpha value is -1.94. The smallest absolute Gasteiger partial charge is 0.462 e. The molecule has 0 aliphatic carbocycles. The molecule has 101 heavy (non-hydrogen) atoms. The maximum absolute atomic E-state index is 13.1. The first-order valence-electron chi connectivity index (χ1n) is 42.5. The number of carbonyl (C=O) groups is 4. The molecule has 0 aromatic heterocycles. The van der Waals surface area contributed by atoms with E-state index in [4.69, 9.17) is 37.0 Å². The third kappa shape index (κ3) is 74.7. The third-order valence-electron chi connectivity index (χ3n) is 19.6. The fraction of sp³-hybridized carbons (Fsp3) is 0.951. The second-order valence-corrected chi connectivity index (χ2v) is 33.1. The van der Waals surface area contributed by atoms with Crippen molar-refractivity contribution in [1.29, 1.82) is 0 Å². The second kappa shape index (κ2) is 73.6. The molecule has 0 spiro atoms. The Morgan fingerprint density at radius 2 is 0.505 bits per heavy atom. The van der Waals surface area contributed by atoms with Crippen LogP contribution in [0.4, 0.5) is 0 Å². The highest BCUT2D eigenvalue weighted by molar-refractivity contribution is 7.47. The molecule has 0 aliphatic rings. The molecule has 0 fully saturated rings. The van der Waals surface area contributed by atoms with Crippen LogP contribution in [0.15, 0.2) is 0 Å². The number of phosphoric acid groups is 2. The predicted octanol–water partition coefficient (Wildman–Crippen LogP) is 24.7. The summed E-state index contributed by atoms with van der Waals surface area (Å²) in [6, 6.07) is 0. The van der Waals surface area contributed by atoms with E-state index in [1.165, 1.54) is 244 Å². The van der Waals surface area contributed by atoms with E-state index in [1.54, 1.807) is 0 Å². The van der Waals surface area contributed by atoms with E-state index in [9.17, 15) is 43.2 Å². The van der Waals surface area contributed by atoms with E-state index >= 15 is 0 Å². The van der Waals surface area contributed by atoms with E-state index in [0.29, 0.717) is 25.7 Å². The minimum Gasteiger partial charge on any atom is -0.462 e. The van der Waals surface area contributed by atoms with Crippen LogP contribution in [0.1, 0.15) is 433 Å². The SMILES string of the molecule is CCCCCCCCCCCCCCCCCCC(=O)OC[C@H](COP(=O)(O)OC[C@@H](O)COP(=O)(O)OC[C@@H](COC(=O)CCCCCCCCC(C)CC)OC(=O)CCCCCCCCCCCCCCCCCC)OC(=O)CCCCCCCCCCCCCCCCCCC(C)C. The number of aliphatic hydroxyl groups is 1. The normalized spacial score (nSPS) is 14.2. The van der Waals surface area contributed by atoms with Crippen LogP contribution in [0.25, 0.3) is 0 Å². The molecule has 0 radical (unpaired) electrons. The van der Waals surface area contributed by atoms with Crippen LogP contribution < -0.4 is 0 Å². The van der Waals surface area contributed by atoms with Crippen LogP contribution in [-0.2, 0) is 65.4 Å². The van der Waals surface area contributed by atoms with E-state index in [-0.39, 0.29) is 25.7 Å². The number of carbonyl (C=O) groups excluding carboxylic acids is 4. The van der Waals surface area contributed by atoms with Crippen LogP contribution in [0.3, 0.4) is 0 Å². The third-order valence-corrected chi connectivity index (χ3v) is 21.5. The minimum atomic E-state index is -4.96. The van der Waals surface area contributed by atoms with Gasteiger partial charge in [-0.2, -0.15) is 0 Å². The molecule has 0 aliphatic heterocycles. The number of phosphoric ester groups is 2. The van der Waals surface area contributed by atoms with Gasteiger partial charge in [-0.15, -0.1) is 0 Å². The number of hydrogen-bond acceptors (Lipinski definition) is 15. The molecule has 6 atom stereocenters. The summed E-state index contributed by atoms with van der Waals surface area (Å²) in [7, 11) is -9.92. The van der Waals surface area contributed by atoms with Crippen molar-refractivity contribution in [3.8, 4) is 0 Å². The number of hydrogen-bond donors (Lipinski definition) is 3. The van der Waals surface area contributed by atoms with Crippen LogP contribution in [0.5, 0.6) is 0 Å². The van der Waals surface area contributed by atoms with Gasteiger partial charge >= 0.3 is 39.5 Å². The summed E-state index contributed by atoms with van der Waals surface area (Å²) in [5, 5.41) is 10.7. The van der Waals surface area contributed by atoms with Gasteiger partial charge in [-0.3, -0.25) is 37.3 Å². The van der Waals surface area contributed by atoms with Gasteiger partial charge in [-0.25, -0.2) is 9.13 Å². The molecule has 0 rings (SSSR count). The molecular formula is C82H160O17P2. The number of unbranched alkanes of at least 4 members (excludes halogenated alkanes) is 50. The average molecular weight is 1480 g/mol. The van der Waals surface area contributed by atoms with Gasteiger partial charge in [-0.05, 0) is 37.5 Å². The first-order chi connectivity index (χ1) is 48.9. The number of esters is 4. The molecule has 0 heterocycles. The summed E-state index contributed by atoms with van der Waals surface area (Å²) in [4.78, 5) is 73.1. The molecule has 0 saturated heterocycles. The van der Waals surface area contributed by atoms with Crippen molar-refractivity contribution in [1.82, 2.24) is 0 Å². The van der Waals surface area contributed by atoms with Gasteiger partial charge in [-0.1, -0.05) is 382 Å². The molecule has 0 saturated carbocycles. The number of rotatable bonds is 81. The molecule has 19 heteroatoms. The summed E-state index contributed by atoms with van der Waals surface area (Å²) in [5.74, 6) is -0.566. The summed E-state index contributed by atoms with van der Waals surface area (Å²) in [6.07, 6.45) is 63.8. The standard InChI is InChI=1S/C82H160O17P2/c1-7-10-12-14-16-18-20-22-24-29-33-37-41-45-52-58-64-79(84)92-70-77(98-81(86)66-61-55-47-43-39-35-31-27-26-28-32-36-40-44-50-56-62-74(4)5)72-96-100(88,89)94-68-76(83)69-95-101(90,91)97-73-78(71-93-80(85)65-59-53-49-48-51-57-63-75(6)9-3)99-82(87)67-60-54-46-42-38-34-30-25-23-21-19-17-15-13-11-8-2/h74-78,83H,7-73H2,1-6H3,(H,88,89)(H,90,91)/t75?,76-,77-,78-/m1/s1.